The van der Waals surface area contributed by atoms with Gasteiger partial charge in [0.15, 0.2) is 5.96 Å². The number of nitrogens with zero attached hydrogens (tertiary/aromatic N) is 2. The van der Waals surface area contributed by atoms with Crippen LogP contribution < -0.4 is 10.6 Å². The van der Waals surface area contributed by atoms with Gasteiger partial charge in [-0.05, 0) is 49.6 Å². The summed E-state index contributed by atoms with van der Waals surface area (Å²) < 4.78 is 0. The van der Waals surface area contributed by atoms with Crippen molar-refractivity contribution in [2.24, 2.45) is 4.99 Å². The van der Waals surface area contributed by atoms with Gasteiger partial charge in [-0.1, -0.05) is 19.1 Å². The molecule has 0 aliphatic heterocycles. The number of benzene rings is 1. The molecule has 0 radical (unpaired) electrons. The third-order valence-electron chi connectivity index (χ3n) is 4.95. The van der Waals surface area contributed by atoms with Crippen LogP contribution >= 0.6 is 11.8 Å². The fourth-order valence-corrected chi connectivity index (χ4v) is 4.41. The molecule has 0 aromatic heterocycles. The van der Waals surface area contributed by atoms with Crippen LogP contribution in [-0.2, 0) is 6.42 Å². The fraction of sp³-hybridized carbons (Fsp3) is 0.619. The van der Waals surface area contributed by atoms with E-state index in [0.717, 1.165) is 43.1 Å². The average Bonchev–Trinajstić information content (AvgIpc) is 2.68. The first-order valence-corrected chi connectivity index (χ1v) is 11.1. The Morgan fingerprint density at radius 2 is 2.14 bits per heavy atom. The minimum atomic E-state index is -0.677. The third-order valence-corrected chi connectivity index (χ3v) is 6.36. The van der Waals surface area contributed by atoms with Gasteiger partial charge in [0.25, 0.3) is 5.91 Å². The molecule has 0 bridgehead atoms. The Morgan fingerprint density at radius 1 is 1.36 bits per heavy atom. The highest BCUT2D eigenvalue weighted by Crippen LogP contribution is 2.41. The van der Waals surface area contributed by atoms with E-state index in [2.05, 4.69) is 22.5 Å². The Kier molecular flexibility index (Phi) is 8.63. The Labute approximate surface area is 173 Å². The van der Waals surface area contributed by atoms with Crippen LogP contribution in [-0.4, -0.2) is 72.2 Å². The standard InChI is InChI=1S/C21H34N4O2S/c1-5-22-20(24-15-21(27)12-10-18(21)28-6-2)23-13-11-16-8-7-9-17(14-16)19(26)25(3)4/h7-9,14,18,27H,5-6,10-13,15H2,1-4H3,(H2,22,23,24). The van der Waals surface area contributed by atoms with Crippen molar-refractivity contribution in [2.45, 2.75) is 44.0 Å². The van der Waals surface area contributed by atoms with E-state index < -0.39 is 5.60 Å². The number of hydrogen-bond donors (Lipinski definition) is 3. The Hall–Kier alpha value is -1.73. The molecule has 2 rings (SSSR count). The monoisotopic (exact) mass is 406 g/mol. The van der Waals surface area contributed by atoms with Gasteiger partial charge < -0.3 is 20.6 Å². The van der Waals surface area contributed by atoms with E-state index in [1.165, 1.54) is 0 Å². The van der Waals surface area contributed by atoms with E-state index in [-0.39, 0.29) is 5.91 Å². The lowest BCUT2D eigenvalue weighted by Gasteiger charge is -2.44. The summed E-state index contributed by atoms with van der Waals surface area (Å²) in [6, 6.07) is 7.73. The summed E-state index contributed by atoms with van der Waals surface area (Å²) >= 11 is 1.82. The SMILES string of the molecule is CCNC(=NCC1(O)CCC1SCC)NCCc1cccc(C(=O)N(C)C)c1. The van der Waals surface area contributed by atoms with E-state index in [0.29, 0.717) is 23.9 Å². The molecular formula is C21H34N4O2S. The summed E-state index contributed by atoms with van der Waals surface area (Å²) in [5.74, 6) is 1.76. The number of guanidine groups is 1. The summed E-state index contributed by atoms with van der Waals surface area (Å²) in [7, 11) is 3.52. The van der Waals surface area contributed by atoms with Crippen LogP contribution in [0.25, 0.3) is 0 Å². The highest BCUT2D eigenvalue weighted by Gasteiger charge is 2.45. The van der Waals surface area contributed by atoms with Gasteiger partial charge in [-0.2, -0.15) is 11.8 Å². The second kappa shape index (κ2) is 10.7. The second-order valence-corrected chi connectivity index (χ2v) is 8.84. The van der Waals surface area contributed by atoms with Crippen LogP contribution in [0.4, 0.5) is 0 Å². The number of thioether (sulfide) groups is 1. The number of hydrogen-bond acceptors (Lipinski definition) is 4. The van der Waals surface area contributed by atoms with Gasteiger partial charge in [0.1, 0.15) is 0 Å². The van der Waals surface area contributed by atoms with Gasteiger partial charge in [-0.3, -0.25) is 9.79 Å². The summed E-state index contributed by atoms with van der Waals surface area (Å²) in [4.78, 5) is 18.3. The number of carbonyl (C=O) groups is 1. The molecule has 2 unspecified atom stereocenters. The molecule has 0 saturated heterocycles. The maximum atomic E-state index is 12.1. The summed E-state index contributed by atoms with van der Waals surface area (Å²) in [5.41, 5.74) is 1.13. The van der Waals surface area contributed by atoms with Gasteiger partial charge >= 0.3 is 0 Å². The normalized spacial score (nSPS) is 21.8. The Morgan fingerprint density at radius 3 is 2.75 bits per heavy atom. The first kappa shape index (κ1) is 22.6. The Bertz CT molecular complexity index is 680. The van der Waals surface area contributed by atoms with Gasteiger partial charge in [0.05, 0.1) is 12.1 Å². The zero-order chi connectivity index (χ0) is 20.6. The molecule has 1 amide bonds. The average molecular weight is 407 g/mol. The first-order valence-electron chi connectivity index (χ1n) is 10.1. The van der Waals surface area contributed by atoms with Crippen molar-refractivity contribution in [3.8, 4) is 0 Å². The number of rotatable bonds is 9. The number of amides is 1. The van der Waals surface area contributed by atoms with Crippen molar-refractivity contribution in [3.05, 3.63) is 35.4 Å². The van der Waals surface area contributed by atoms with Crippen LogP contribution in [0.1, 0.15) is 42.6 Å². The van der Waals surface area contributed by atoms with Crippen LogP contribution in [0.2, 0.25) is 0 Å². The molecular weight excluding hydrogens is 372 g/mol. The van der Waals surface area contributed by atoms with Gasteiger partial charge in [0.2, 0.25) is 0 Å². The van der Waals surface area contributed by atoms with E-state index in [9.17, 15) is 9.90 Å². The van der Waals surface area contributed by atoms with Crippen molar-refractivity contribution in [1.29, 1.82) is 0 Å². The van der Waals surface area contributed by atoms with E-state index in [4.69, 9.17) is 0 Å². The van der Waals surface area contributed by atoms with Crippen molar-refractivity contribution in [2.75, 3.05) is 39.5 Å². The fourth-order valence-electron chi connectivity index (χ4n) is 3.22. The molecule has 7 heteroatoms. The van der Waals surface area contributed by atoms with E-state index in [1.807, 2.05) is 43.0 Å². The van der Waals surface area contributed by atoms with Gasteiger partial charge in [0, 0.05) is 38.0 Å². The quantitative estimate of drug-likeness (QED) is 0.433. The molecule has 1 saturated carbocycles. The van der Waals surface area contributed by atoms with E-state index >= 15 is 0 Å². The molecule has 6 nitrogen and oxygen atoms in total. The van der Waals surface area contributed by atoms with Crippen LogP contribution in [0, 0.1) is 0 Å². The molecule has 1 aliphatic rings. The van der Waals surface area contributed by atoms with Crippen LogP contribution in [0.3, 0.4) is 0 Å². The minimum absolute atomic E-state index is 0.0120. The first-order chi connectivity index (χ1) is 13.4. The number of aliphatic hydroxyl groups is 1. The summed E-state index contributed by atoms with van der Waals surface area (Å²) in [6.07, 6.45) is 2.67. The Balaban J connectivity index is 1.90. The predicted octanol–water partition coefficient (Wildman–Crippen LogP) is 2.13. The van der Waals surface area contributed by atoms with Crippen molar-refractivity contribution >= 4 is 23.6 Å². The number of aliphatic imine (C=N–C) groups is 1. The summed E-state index contributed by atoms with van der Waals surface area (Å²) in [5, 5.41) is 17.6. The topological polar surface area (TPSA) is 77.0 Å². The maximum absolute atomic E-state index is 12.1. The van der Waals surface area contributed by atoms with Gasteiger partial charge in [-0.25, -0.2) is 0 Å². The lowest BCUT2D eigenvalue weighted by atomic mass is 9.79. The van der Waals surface area contributed by atoms with Gasteiger partial charge in [-0.15, -0.1) is 0 Å². The molecule has 3 N–H and O–H groups in total. The predicted molar refractivity (Wildman–Crippen MR) is 118 cm³/mol. The molecule has 0 heterocycles. The van der Waals surface area contributed by atoms with Crippen molar-refractivity contribution < 1.29 is 9.90 Å². The largest absolute Gasteiger partial charge is 0.387 e. The van der Waals surface area contributed by atoms with Crippen molar-refractivity contribution in [3.63, 3.8) is 0 Å². The molecule has 0 spiro atoms. The summed E-state index contributed by atoms with van der Waals surface area (Å²) in [6.45, 7) is 6.05. The van der Waals surface area contributed by atoms with Crippen LogP contribution in [0.15, 0.2) is 29.3 Å². The maximum Gasteiger partial charge on any atom is 0.253 e. The third kappa shape index (κ3) is 6.14. The van der Waals surface area contributed by atoms with Crippen molar-refractivity contribution in [1.82, 2.24) is 15.5 Å². The van der Waals surface area contributed by atoms with E-state index in [1.54, 1.807) is 19.0 Å². The molecule has 28 heavy (non-hydrogen) atoms. The zero-order valence-corrected chi connectivity index (χ0v) is 18.3. The van der Waals surface area contributed by atoms with Crippen LogP contribution in [0.5, 0.6) is 0 Å². The minimum Gasteiger partial charge on any atom is -0.387 e. The smallest absolute Gasteiger partial charge is 0.253 e. The highest BCUT2D eigenvalue weighted by molar-refractivity contribution is 8.00. The molecule has 2 atom stereocenters. The number of carbonyl (C=O) groups excluding carboxylic acids is 1. The lowest BCUT2D eigenvalue weighted by Crippen LogP contribution is -2.53. The lowest BCUT2D eigenvalue weighted by molar-refractivity contribution is -0.0154. The molecule has 1 aromatic rings. The zero-order valence-electron chi connectivity index (χ0n) is 17.5. The highest BCUT2D eigenvalue weighted by atomic mass is 32.2. The molecule has 1 aromatic carbocycles. The molecule has 1 fully saturated rings. The second-order valence-electron chi connectivity index (χ2n) is 7.36. The number of nitrogens with one attached hydrogen (secondary N) is 2. The molecule has 1 aliphatic carbocycles. The molecule has 156 valence electrons.